The molecule has 1 fully saturated rings. The zero-order chi connectivity index (χ0) is 17.5. The van der Waals surface area contributed by atoms with Crippen LogP contribution in [0.2, 0.25) is 0 Å². The summed E-state index contributed by atoms with van der Waals surface area (Å²) in [6.07, 6.45) is 1.63. The number of carbonyl (C=O) groups excluding carboxylic acids is 2. The van der Waals surface area contributed by atoms with E-state index >= 15 is 0 Å². The smallest absolute Gasteiger partial charge is 0.270 e. The second kappa shape index (κ2) is 8.35. The van der Waals surface area contributed by atoms with E-state index in [0.717, 1.165) is 5.56 Å². The van der Waals surface area contributed by atoms with Crippen molar-refractivity contribution >= 4 is 17.9 Å². The van der Waals surface area contributed by atoms with Crippen molar-refractivity contribution in [1.29, 1.82) is 0 Å². The number of nitrogens with one attached hydrogen (secondary N) is 1. The SMILES string of the molecule is COc1ccc(/C=C(/NC(C)=O)C(=O)N2CCOCC2)cc1OC. The summed E-state index contributed by atoms with van der Waals surface area (Å²) in [5.74, 6) is 0.606. The monoisotopic (exact) mass is 334 g/mol. The number of ether oxygens (including phenoxy) is 3. The van der Waals surface area contributed by atoms with E-state index in [9.17, 15) is 9.59 Å². The molecule has 0 unspecified atom stereocenters. The van der Waals surface area contributed by atoms with Gasteiger partial charge >= 0.3 is 0 Å². The molecule has 1 aromatic rings. The maximum atomic E-state index is 12.6. The molecule has 2 rings (SSSR count). The Bertz CT molecular complexity index is 636. The van der Waals surface area contributed by atoms with Gasteiger partial charge in [0.05, 0.1) is 27.4 Å². The van der Waals surface area contributed by atoms with Crippen molar-refractivity contribution in [1.82, 2.24) is 10.2 Å². The van der Waals surface area contributed by atoms with Crippen molar-refractivity contribution < 1.29 is 23.8 Å². The summed E-state index contributed by atoms with van der Waals surface area (Å²) in [7, 11) is 3.09. The number of hydrogen-bond acceptors (Lipinski definition) is 5. The van der Waals surface area contributed by atoms with Crippen LogP contribution in [0.3, 0.4) is 0 Å². The van der Waals surface area contributed by atoms with E-state index in [1.54, 1.807) is 43.4 Å². The Morgan fingerprint density at radius 3 is 2.42 bits per heavy atom. The van der Waals surface area contributed by atoms with Crippen LogP contribution in [0.5, 0.6) is 11.5 Å². The molecule has 0 aliphatic carbocycles. The summed E-state index contributed by atoms with van der Waals surface area (Å²) in [4.78, 5) is 25.8. The first kappa shape index (κ1) is 17.8. The van der Waals surface area contributed by atoms with E-state index in [1.165, 1.54) is 6.92 Å². The molecule has 0 atom stereocenters. The van der Waals surface area contributed by atoms with Crippen LogP contribution >= 0.6 is 0 Å². The standard InChI is InChI=1S/C17H22N2O5/c1-12(20)18-14(17(21)19-6-8-24-9-7-19)10-13-4-5-15(22-2)16(11-13)23-3/h4-5,10-11H,6-9H2,1-3H3,(H,18,20)/b14-10+. The number of methoxy groups -OCH3 is 2. The highest BCUT2D eigenvalue weighted by Crippen LogP contribution is 2.28. The molecule has 1 heterocycles. The summed E-state index contributed by atoms with van der Waals surface area (Å²) in [5, 5.41) is 2.61. The van der Waals surface area contributed by atoms with E-state index in [4.69, 9.17) is 14.2 Å². The highest BCUT2D eigenvalue weighted by Gasteiger charge is 2.21. The normalized spacial score (nSPS) is 15.0. The molecule has 130 valence electrons. The number of amides is 2. The number of rotatable bonds is 5. The van der Waals surface area contributed by atoms with Gasteiger partial charge in [-0.2, -0.15) is 0 Å². The molecule has 1 aliphatic heterocycles. The zero-order valence-corrected chi connectivity index (χ0v) is 14.1. The number of carbonyl (C=O) groups is 2. The quantitative estimate of drug-likeness (QED) is 0.814. The first-order chi connectivity index (χ1) is 11.5. The van der Waals surface area contributed by atoms with E-state index in [-0.39, 0.29) is 17.5 Å². The van der Waals surface area contributed by atoms with Crippen molar-refractivity contribution in [3.63, 3.8) is 0 Å². The lowest BCUT2D eigenvalue weighted by Crippen LogP contribution is -2.44. The maximum absolute atomic E-state index is 12.6. The van der Waals surface area contributed by atoms with Crippen LogP contribution in [-0.4, -0.2) is 57.2 Å². The number of benzene rings is 1. The average molecular weight is 334 g/mol. The fraction of sp³-hybridized carbons (Fsp3) is 0.412. The van der Waals surface area contributed by atoms with E-state index in [0.29, 0.717) is 37.8 Å². The predicted octanol–water partition coefficient (Wildman–Crippen LogP) is 1.04. The first-order valence-corrected chi connectivity index (χ1v) is 7.63. The topological polar surface area (TPSA) is 77.1 Å². The molecule has 0 radical (unpaired) electrons. The van der Waals surface area contributed by atoms with Gasteiger partial charge in [0.25, 0.3) is 5.91 Å². The third-order valence-corrected chi connectivity index (χ3v) is 3.56. The van der Waals surface area contributed by atoms with Gasteiger partial charge in [-0.1, -0.05) is 6.07 Å². The van der Waals surface area contributed by atoms with Gasteiger partial charge in [0.15, 0.2) is 11.5 Å². The van der Waals surface area contributed by atoms with Gasteiger partial charge in [-0.3, -0.25) is 9.59 Å². The zero-order valence-electron chi connectivity index (χ0n) is 14.1. The largest absolute Gasteiger partial charge is 0.493 e. The molecule has 0 bridgehead atoms. The molecule has 1 aliphatic rings. The minimum absolute atomic E-state index is 0.219. The van der Waals surface area contributed by atoms with Crippen LogP contribution in [0.4, 0.5) is 0 Å². The van der Waals surface area contributed by atoms with Gasteiger partial charge < -0.3 is 24.4 Å². The van der Waals surface area contributed by atoms with Crippen LogP contribution in [0.1, 0.15) is 12.5 Å². The van der Waals surface area contributed by atoms with Gasteiger partial charge in [0.1, 0.15) is 5.70 Å². The second-order valence-electron chi connectivity index (χ2n) is 5.26. The summed E-state index contributed by atoms with van der Waals surface area (Å²) < 4.78 is 15.7. The number of hydrogen-bond donors (Lipinski definition) is 1. The second-order valence-corrected chi connectivity index (χ2v) is 5.26. The lowest BCUT2D eigenvalue weighted by molar-refractivity contribution is -0.132. The Balaban J connectivity index is 2.30. The van der Waals surface area contributed by atoms with Crippen LogP contribution < -0.4 is 14.8 Å². The highest BCUT2D eigenvalue weighted by atomic mass is 16.5. The van der Waals surface area contributed by atoms with Gasteiger partial charge in [0.2, 0.25) is 5.91 Å². The molecule has 0 saturated carbocycles. The molecule has 0 aromatic heterocycles. The third kappa shape index (κ3) is 4.48. The molecule has 2 amide bonds. The summed E-state index contributed by atoms with van der Waals surface area (Å²) in [5.41, 5.74) is 0.939. The summed E-state index contributed by atoms with van der Waals surface area (Å²) in [6.45, 7) is 3.36. The minimum atomic E-state index is -0.302. The molecule has 7 heteroatoms. The fourth-order valence-corrected chi connectivity index (χ4v) is 2.39. The fourth-order valence-electron chi connectivity index (χ4n) is 2.39. The van der Waals surface area contributed by atoms with Crippen molar-refractivity contribution in [2.24, 2.45) is 0 Å². The molecular weight excluding hydrogens is 312 g/mol. The molecule has 24 heavy (non-hydrogen) atoms. The number of nitrogens with zero attached hydrogens (tertiary/aromatic N) is 1. The minimum Gasteiger partial charge on any atom is -0.493 e. The first-order valence-electron chi connectivity index (χ1n) is 7.63. The van der Waals surface area contributed by atoms with E-state index < -0.39 is 0 Å². The van der Waals surface area contributed by atoms with Crippen LogP contribution in [0.25, 0.3) is 6.08 Å². The molecule has 7 nitrogen and oxygen atoms in total. The third-order valence-electron chi connectivity index (χ3n) is 3.56. The number of morpholine rings is 1. The Morgan fingerprint density at radius 2 is 1.83 bits per heavy atom. The Morgan fingerprint density at radius 1 is 1.17 bits per heavy atom. The van der Waals surface area contributed by atoms with Crippen LogP contribution in [-0.2, 0) is 14.3 Å². The van der Waals surface area contributed by atoms with Crippen molar-refractivity contribution in [3.8, 4) is 11.5 Å². The van der Waals surface area contributed by atoms with E-state index in [1.807, 2.05) is 0 Å². The molecule has 1 aromatic carbocycles. The summed E-state index contributed by atoms with van der Waals surface area (Å²) in [6, 6.07) is 5.28. The Kier molecular flexibility index (Phi) is 6.20. The lowest BCUT2D eigenvalue weighted by Gasteiger charge is -2.27. The van der Waals surface area contributed by atoms with Gasteiger partial charge in [-0.05, 0) is 23.8 Å². The molecule has 1 saturated heterocycles. The Hall–Kier alpha value is -2.54. The predicted molar refractivity (Wildman–Crippen MR) is 88.7 cm³/mol. The molecular formula is C17H22N2O5. The van der Waals surface area contributed by atoms with Gasteiger partial charge in [-0.15, -0.1) is 0 Å². The average Bonchev–Trinajstić information content (AvgIpc) is 2.60. The maximum Gasteiger partial charge on any atom is 0.270 e. The van der Waals surface area contributed by atoms with Crippen molar-refractivity contribution in [3.05, 3.63) is 29.5 Å². The van der Waals surface area contributed by atoms with Gasteiger partial charge in [0, 0.05) is 20.0 Å². The Labute approximate surface area is 141 Å². The van der Waals surface area contributed by atoms with Gasteiger partial charge in [-0.25, -0.2) is 0 Å². The highest BCUT2D eigenvalue weighted by molar-refractivity contribution is 6.01. The van der Waals surface area contributed by atoms with Crippen molar-refractivity contribution in [2.75, 3.05) is 40.5 Å². The van der Waals surface area contributed by atoms with Crippen molar-refractivity contribution in [2.45, 2.75) is 6.92 Å². The molecule has 1 N–H and O–H groups in total. The van der Waals surface area contributed by atoms with Crippen LogP contribution in [0, 0.1) is 0 Å². The van der Waals surface area contributed by atoms with E-state index in [2.05, 4.69) is 5.32 Å². The van der Waals surface area contributed by atoms with Crippen LogP contribution in [0.15, 0.2) is 23.9 Å². The molecule has 0 spiro atoms. The lowest BCUT2D eigenvalue weighted by atomic mass is 10.1. The summed E-state index contributed by atoms with van der Waals surface area (Å²) >= 11 is 0.